The van der Waals surface area contributed by atoms with Gasteiger partial charge in [-0.3, -0.25) is 23.4 Å². The second-order valence-corrected chi connectivity index (χ2v) is 11.1. The van der Waals surface area contributed by atoms with Crippen LogP contribution in [0.5, 0.6) is 0 Å². The quantitative estimate of drug-likeness (QED) is 0.0997. The van der Waals surface area contributed by atoms with E-state index in [4.69, 9.17) is 30.0 Å². The van der Waals surface area contributed by atoms with Gasteiger partial charge in [-0.25, -0.2) is 19.5 Å². The Balaban J connectivity index is 1.19. The zero-order chi connectivity index (χ0) is 29.9. The van der Waals surface area contributed by atoms with Crippen molar-refractivity contribution < 1.29 is 43.3 Å². The highest BCUT2D eigenvalue weighted by Gasteiger charge is 2.50. The number of fused-ring (bicyclic) bond motifs is 2. The second-order valence-electron chi connectivity index (χ2n) is 9.70. The van der Waals surface area contributed by atoms with Gasteiger partial charge in [-0.05, 0) is 6.92 Å². The van der Waals surface area contributed by atoms with Crippen molar-refractivity contribution >= 4 is 41.9 Å². The number of ether oxygens (including phenoxy) is 2. The molecule has 0 spiro atoms. The first-order valence-corrected chi connectivity index (χ1v) is 14.0. The topological polar surface area (TPSA) is 307 Å². The molecule has 0 aliphatic carbocycles. The number of aromatic amines is 1. The number of imidazole rings is 1. The number of phosphoric ester groups is 1. The normalized spacial score (nSPS) is 30.3. The van der Waals surface area contributed by atoms with Gasteiger partial charge in [0.15, 0.2) is 35.1 Å². The Labute approximate surface area is 233 Å². The van der Waals surface area contributed by atoms with Gasteiger partial charge < -0.3 is 41.2 Å². The Kier molecular flexibility index (Phi) is 7.15. The van der Waals surface area contributed by atoms with Gasteiger partial charge in [0.05, 0.1) is 25.1 Å². The number of H-pyrrole nitrogens is 1. The van der Waals surface area contributed by atoms with Crippen LogP contribution in [0, 0.1) is 0 Å². The van der Waals surface area contributed by atoms with Crippen LogP contribution < -0.4 is 17.0 Å². The Hall–Kier alpha value is -3.66. The molecule has 2 aliphatic rings. The lowest BCUT2D eigenvalue weighted by Gasteiger charge is -2.26. The first-order valence-electron chi connectivity index (χ1n) is 12.5. The number of nitrogens with two attached hydrogens (primary N) is 2. The minimum Gasteiger partial charge on any atom is -0.394 e. The predicted octanol–water partition coefficient (Wildman–Crippen LogP) is -2.69. The molecule has 4 aromatic rings. The third-order valence-corrected chi connectivity index (χ3v) is 8.05. The van der Waals surface area contributed by atoms with E-state index in [1.165, 1.54) is 24.1 Å². The third kappa shape index (κ3) is 4.89. The van der Waals surface area contributed by atoms with Crippen LogP contribution in [0.1, 0.15) is 25.8 Å². The molecule has 6 heterocycles. The van der Waals surface area contributed by atoms with Crippen LogP contribution in [-0.2, 0) is 23.1 Å². The summed E-state index contributed by atoms with van der Waals surface area (Å²) < 4.78 is 37.8. The molecule has 0 bridgehead atoms. The van der Waals surface area contributed by atoms with E-state index in [1.54, 1.807) is 0 Å². The summed E-state index contributed by atoms with van der Waals surface area (Å²) in [6, 6.07) is 0. The summed E-state index contributed by atoms with van der Waals surface area (Å²) in [4.78, 5) is 41.2. The number of phosphoric acid groups is 1. The van der Waals surface area contributed by atoms with Gasteiger partial charge in [0, 0.05) is 6.42 Å². The van der Waals surface area contributed by atoms with Crippen molar-refractivity contribution in [3.8, 4) is 0 Å². The molecule has 22 heteroatoms. The predicted molar refractivity (Wildman–Crippen MR) is 137 cm³/mol. The van der Waals surface area contributed by atoms with E-state index >= 15 is 0 Å². The van der Waals surface area contributed by atoms with E-state index in [0.717, 1.165) is 4.68 Å². The Morgan fingerprint density at radius 1 is 1.17 bits per heavy atom. The fourth-order valence-corrected chi connectivity index (χ4v) is 6.12. The van der Waals surface area contributed by atoms with E-state index in [9.17, 15) is 29.6 Å². The second kappa shape index (κ2) is 10.6. The maximum atomic E-state index is 13.1. The van der Waals surface area contributed by atoms with Gasteiger partial charge in [-0.15, -0.1) is 5.10 Å². The van der Waals surface area contributed by atoms with Gasteiger partial charge in [-0.2, -0.15) is 9.67 Å². The van der Waals surface area contributed by atoms with E-state index in [1.807, 2.05) is 0 Å². The molecule has 2 saturated heterocycles. The lowest BCUT2D eigenvalue weighted by atomic mass is 10.1. The highest BCUT2D eigenvalue weighted by atomic mass is 31.2. The maximum Gasteiger partial charge on any atom is 0.472 e. The summed E-state index contributed by atoms with van der Waals surface area (Å²) >= 11 is 0. The average molecular weight is 611 g/mol. The summed E-state index contributed by atoms with van der Waals surface area (Å²) in [7, 11) is -4.94. The molecule has 9 N–H and O–H groups in total. The lowest BCUT2D eigenvalue weighted by molar-refractivity contribution is -0.0846. The molecule has 21 nitrogen and oxygen atoms in total. The fraction of sp³-hybridized carbons (Fsp3) is 0.550. The molecule has 1 unspecified atom stereocenters. The molecule has 0 radical (unpaired) electrons. The summed E-state index contributed by atoms with van der Waals surface area (Å²) in [6.45, 7) is 0.872. The molecule has 226 valence electrons. The van der Waals surface area contributed by atoms with Crippen molar-refractivity contribution in [2.75, 3.05) is 18.1 Å². The highest BCUT2D eigenvalue weighted by Crippen LogP contribution is 2.51. The van der Waals surface area contributed by atoms with Crippen molar-refractivity contribution in [3.05, 3.63) is 23.0 Å². The van der Waals surface area contributed by atoms with Crippen molar-refractivity contribution in [1.82, 2.24) is 44.5 Å². The number of anilines is 2. The van der Waals surface area contributed by atoms with Crippen LogP contribution in [0.2, 0.25) is 0 Å². The zero-order valence-electron chi connectivity index (χ0n) is 21.6. The van der Waals surface area contributed by atoms with Crippen molar-refractivity contribution in [2.24, 2.45) is 0 Å². The molecular weight excluding hydrogens is 585 g/mol. The number of aliphatic hydroxyl groups is 3. The summed E-state index contributed by atoms with van der Waals surface area (Å²) in [5, 5.41) is 38.7. The molecule has 2 fully saturated rings. The van der Waals surface area contributed by atoms with Crippen molar-refractivity contribution in [3.63, 3.8) is 0 Å². The highest BCUT2D eigenvalue weighted by molar-refractivity contribution is 7.47. The Morgan fingerprint density at radius 3 is 2.71 bits per heavy atom. The first kappa shape index (κ1) is 28.5. The summed E-state index contributed by atoms with van der Waals surface area (Å²) in [6.07, 6.45) is -7.78. The third-order valence-electron chi connectivity index (χ3n) is 6.91. The Morgan fingerprint density at radius 2 is 1.95 bits per heavy atom. The maximum absolute atomic E-state index is 13.1. The van der Waals surface area contributed by atoms with Crippen LogP contribution in [0.3, 0.4) is 0 Å². The minimum absolute atomic E-state index is 0.0779. The average Bonchev–Trinajstić information content (AvgIpc) is 3.69. The van der Waals surface area contributed by atoms with Gasteiger partial charge in [0.2, 0.25) is 5.95 Å². The van der Waals surface area contributed by atoms with Crippen molar-refractivity contribution in [2.45, 2.75) is 62.4 Å². The Bertz CT molecular complexity index is 1730. The number of hydrogen-bond donors (Lipinski definition) is 7. The molecule has 9 atom stereocenters. The molecule has 2 aliphatic heterocycles. The summed E-state index contributed by atoms with van der Waals surface area (Å²) in [5.74, 6) is -0.133. The van der Waals surface area contributed by atoms with Crippen LogP contribution in [-0.4, -0.2) is 108 Å². The number of nitrogens with one attached hydrogen (secondary N) is 1. The van der Waals surface area contributed by atoms with E-state index in [-0.39, 0.29) is 40.5 Å². The summed E-state index contributed by atoms with van der Waals surface area (Å²) in [5.41, 5.74) is 11.0. The lowest BCUT2D eigenvalue weighted by Crippen LogP contribution is -2.38. The molecule has 6 rings (SSSR count). The monoisotopic (exact) mass is 611 g/mol. The standard InChI is InChI=1S/C20H26N11O10P/c1-6(13-11(33)12(34)19(39-13)30-5-25-9-14(21)23-4-24-15(9)30)40-42(36,37)41-8-2-7(3-32)38-18(8)31-16-10(28-29-31)17(35)27-20(22)26-16/h4-8,11-13,18-19,32-34H,2-3H2,1H3,(H,36,37)(H2,21,23,24)(H3,22,26,27,35)/t6-,7-,8+,11-,12+,13-,18+,19+/m0/s1. The fourth-order valence-electron chi connectivity index (χ4n) is 5.00. The molecular formula is C20H26N11O10P. The number of hydrogen-bond acceptors (Lipinski definition) is 17. The van der Waals surface area contributed by atoms with Crippen LogP contribution in [0.15, 0.2) is 17.4 Å². The SMILES string of the molecule is C[C@H](OP(=O)(O)O[C@@H]1C[C@@H](CO)O[C@H]1n1nnc2c(=O)[nH]c(N)nc21)[C@@H]1O[C@@H](n2cnc3c(N)ncnc32)[C@H](O)[C@@H]1O. The van der Waals surface area contributed by atoms with Gasteiger partial charge in [0.1, 0.15) is 36.3 Å². The number of aromatic nitrogens is 9. The van der Waals surface area contributed by atoms with Gasteiger partial charge in [0.25, 0.3) is 5.56 Å². The molecule has 0 aromatic carbocycles. The van der Waals surface area contributed by atoms with E-state index < -0.39 is 69.1 Å². The zero-order valence-corrected chi connectivity index (χ0v) is 22.5. The number of nitrogens with zero attached hydrogens (tertiary/aromatic N) is 8. The number of aliphatic hydroxyl groups excluding tert-OH is 3. The molecule has 4 aromatic heterocycles. The van der Waals surface area contributed by atoms with E-state index in [2.05, 4.69) is 35.2 Å². The van der Waals surface area contributed by atoms with Crippen LogP contribution in [0.25, 0.3) is 22.3 Å². The van der Waals surface area contributed by atoms with Crippen LogP contribution in [0.4, 0.5) is 11.8 Å². The van der Waals surface area contributed by atoms with Crippen LogP contribution >= 0.6 is 7.82 Å². The van der Waals surface area contributed by atoms with E-state index in [0.29, 0.717) is 0 Å². The molecule has 0 amide bonds. The molecule has 0 saturated carbocycles. The van der Waals surface area contributed by atoms with Crippen molar-refractivity contribution in [1.29, 1.82) is 0 Å². The van der Waals surface area contributed by atoms with Gasteiger partial charge >= 0.3 is 7.82 Å². The molecule has 42 heavy (non-hydrogen) atoms. The minimum atomic E-state index is -4.94. The smallest absolute Gasteiger partial charge is 0.394 e. The van der Waals surface area contributed by atoms with Gasteiger partial charge in [-0.1, -0.05) is 5.21 Å². The first-order chi connectivity index (χ1) is 20.0. The number of rotatable bonds is 8. The number of nitrogen functional groups attached to an aromatic ring is 2. The largest absolute Gasteiger partial charge is 0.472 e.